The van der Waals surface area contributed by atoms with Crippen LogP contribution in [0.15, 0.2) is 116 Å². The summed E-state index contributed by atoms with van der Waals surface area (Å²) in [6, 6.07) is 37.7. The number of para-hydroxylation sites is 1. The van der Waals surface area contributed by atoms with Gasteiger partial charge in [-0.1, -0.05) is 66.7 Å². The average molecular weight is 593 g/mol. The summed E-state index contributed by atoms with van der Waals surface area (Å²) in [5.74, 6) is 1.56. The standard InChI is InChI=1S/C38H22N7O/c1-21-18-31-30-14-7-15-33-43(30)45(44(31)40-21)36-32(46-33)17-16-29-35(36)42-34-24(25-19-39-20-41(45)37(25)42)10-6-13-28(34)38(29)26-11-4-2-8-22(26)23-9-3-5-12-27(23)38/h2-20H,1H3/q+3. The molecular weight excluding hydrogens is 570 g/mol. The molecule has 46 heavy (non-hydrogen) atoms. The van der Waals surface area contributed by atoms with E-state index in [1.165, 1.54) is 44.3 Å². The molecule has 0 bridgehead atoms. The number of nitrogens with zero attached hydrogens (tertiary/aromatic N) is 7. The second kappa shape index (κ2) is 6.75. The summed E-state index contributed by atoms with van der Waals surface area (Å²) in [5.41, 5.74) is 14.7. The van der Waals surface area contributed by atoms with Crippen LogP contribution < -0.4 is 18.9 Å². The Labute approximate surface area is 261 Å². The first kappa shape index (κ1) is 22.4. The predicted molar refractivity (Wildman–Crippen MR) is 170 cm³/mol. The first-order valence-corrected chi connectivity index (χ1v) is 15.7. The van der Waals surface area contributed by atoms with Crippen LogP contribution in [0.25, 0.3) is 50.1 Å². The van der Waals surface area contributed by atoms with Crippen LogP contribution in [0.3, 0.4) is 0 Å². The predicted octanol–water partition coefficient (Wildman–Crippen LogP) is 6.03. The normalized spacial score (nSPS) is 18.5. The maximum absolute atomic E-state index is 6.87. The van der Waals surface area contributed by atoms with Gasteiger partial charge in [-0.15, -0.1) is 10.1 Å². The maximum atomic E-state index is 6.87. The summed E-state index contributed by atoms with van der Waals surface area (Å²) in [4.78, 5) is 7.21. The molecule has 1 aliphatic carbocycles. The summed E-state index contributed by atoms with van der Waals surface area (Å²) < 4.78 is 13.9. The lowest BCUT2D eigenvalue weighted by atomic mass is 9.65. The summed E-state index contributed by atoms with van der Waals surface area (Å²) in [5, 5.41) is 7.52. The number of hydrogen-bond acceptors (Lipinski definition) is 3. The molecular formula is C38H22N7O+3. The van der Waals surface area contributed by atoms with Crippen LogP contribution in [0, 0.1) is 6.92 Å². The van der Waals surface area contributed by atoms with Gasteiger partial charge in [0.15, 0.2) is 5.69 Å². The number of benzene rings is 4. The summed E-state index contributed by atoms with van der Waals surface area (Å²) in [6.45, 7) is 2.07. The number of pyridine rings is 1. The highest BCUT2D eigenvalue weighted by atomic mass is 16.5. The van der Waals surface area contributed by atoms with Gasteiger partial charge in [0.2, 0.25) is 16.3 Å². The Morgan fingerprint density at radius 3 is 2.41 bits per heavy atom. The van der Waals surface area contributed by atoms with Crippen LogP contribution in [0.4, 0.5) is 5.69 Å². The van der Waals surface area contributed by atoms with Crippen molar-refractivity contribution in [3.05, 3.63) is 144 Å². The maximum Gasteiger partial charge on any atom is 0.437 e. The second-order valence-electron chi connectivity index (χ2n) is 13.0. The van der Waals surface area contributed by atoms with E-state index >= 15 is 0 Å². The Kier molecular flexibility index (Phi) is 3.29. The minimum Gasteiger partial charge on any atom is -0.394 e. The van der Waals surface area contributed by atoms with Gasteiger partial charge in [-0.3, -0.25) is 0 Å². The molecule has 8 aromatic rings. The Morgan fingerprint density at radius 1 is 0.783 bits per heavy atom. The van der Waals surface area contributed by atoms with Crippen molar-refractivity contribution in [2.75, 3.05) is 0 Å². The molecule has 0 N–H and O–H groups in total. The van der Waals surface area contributed by atoms with E-state index in [9.17, 15) is 0 Å². The Balaban J connectivity index is 1.36. The van der Waals surface area contributed by atoms with E-state index in [1.54, 1.807) is 0 Å². The summed E-state index contributed by atoms with van der Waals surface area (Å²) >= 11 is 0. The molecule has 4 aromatic carbocycles. The molecule has 8 heteroatoms. The number of rotatable bonds is 0. The van der Waals surface area contributed by atoms with Crippen molar-refractivity contribution in [1.82, 2.24) is 24.3 Å². The average Bonchev–Trinajstić information content (AvgIpc) is 3.81. The molecule has 4 aliphatic heterocycles. The molecule has 5 aliphatic rings. The highest BCUT2D eigenvalue weighted by Crippen LogP contribution is 2.64. The van der Waals surface area contributed by atoms with Gasteiger partial charge in [0.05, 0.1) is 27.2 Å². The minimum atomic E-state index is -0.534. The summed E-state index contributed by atoms with van der Waals surface area (Å²) in [7, 11) is 0. The van der Waals surface area contributed by atoms with Gasteiger partial charge in [0, 0.05) is 32.0 Å². The van der Waals surface area contributed by atoms with Crippen molar-refractivity contribution in [2.24, 2.45) is 0 Å². The zero-order chi connectivity index (χ0) is 29.7. The zero-order valence-electron chi connectivity index (χ0n) is 24.5. The number of quaternary nitrogens is 1. The molecule has 8 heterocycles. The summed E-state index contributed by atoms with van der Waals surface area (Å²) in [6.07, 6.45) is 3.98. The van der Waals surface area contributed by atoms with Crippen LogP contribution in [0.5, 0.6) is 11.6 Å². The van der Waals surface area contributed by atoms with E-state index in [0.717, 1.165) is 51.1 Å². The molecule has 212 valence electrons. The molecule has 1 unspecified atom stereocenters. The fourth-order valence-electron chi connectivity index (χ4n) is 9.68. The van der Waals surface area contributed by atoms with Crippen LogP contribution in [0.1, 0.15) is 27.9 Å². The van der Waals surface area contributed by atoms with Crippen LogP contribution in [0.2, 0.25) is 0 Å². The Morgan fingerprint density at radius 2 is 1.57 bits per heavy atom. The SMILES string of the molecule is Cc1cc2n(n1)[N+]13c4c(ccc5c4-n4c6c(cccc6c6cnc[n+]1c64)C51c4ccccc4-c4ccccc41)Oc1cccc-2[n+]13. The first-order chi connectivity index (χ1) is 22.7. The van der Waals surface area contributed by atoms with E-state index in [2.05, 4.69) is 123 Å². The van der Waals surface area contributed by atoms with Gasteiger partial charge in [-0.25, -0.2) is 4.57 Å². The molecule has 1 atom stereocenters. The van der Waals surface area contributed by atoms with E-state index in [0.29, 0.717) is 0 Å². The molecule has 8 nitrogen and oxygen atoms in total. The van der Waals surface area contributed by atoms with Crippen molar-refractivity contribution < 1.29 is 14.1 Å². The third kappa shape index (κ3) is 1.94. The van der Waals surface area contributed by atoms with Gasteiger partial charge in [-0.2, -0.15) is 0 Å². The molecule has 13 rings (SSSR count). The number of aromatic nitrogens is 6. The Bertz CT molecular complexity index is 2780. The molecule has 4 aromatic heterocycles. The lowest BCUT2D eigenvalue weighted by Gasteiger charge is -2.40. The van der Waals surface area contributed by atoms with Crippen molar-refractivity contribution >= 4 is 27.6 Å². The van der Waals surface area contributed by atoms with Crippen molar-refractivity contribution in [2.45, 2.75) is 12.3 Å². The highest BCUT2D eigenvalue weighted by molar-refractivity contribution is 6.12. The number of fused-ring (bicyclic) bond motifs is 10. The van der Waals surface area contributed by atoms with E-state index in [1.807, 2.05) is 18.6 Å². The zero-order valence-corrected chi connectivity index (χ0v) is 24.5. The Hall–Kier alpha value is -6.12. The molecule has 0 amide bonds. The molecule has 0 radical (unpaired) electrons. The molecule has 0 fully saturated rings. The minimum absolute atomic E-state index is 0.141. The van der Waals surface area contributed by atoms with Gasteiger partial charge in [0.1, 0.15) is 11.7 Å². The van der Waals surface area contributed by atoms with Gasteiger partial charge in [-0.05, 0) is 53.4 Å². The van der Waals surface area contributed by atoms with Crippen LogP contribution in [-0.4, -0.2) is 19.4 Å². The van der Waals surface area contributed by atoms with Gasteiger partial charge >= 0.3 is 22.9 Å². The van der Waals surface area contributed by atoms with Gasteiger partial charge in [0.25, 0.3) is 6.33 Å². The quantitative estimate of drug-likeness (QED) is 0.160. The fraction of sp³-hybridized carbons (Fsp3) is 0.0526. The van der Waals surface area contributed by atoms with Gasteiger partial charge < -0.3 is 4.74 Å². The lowest BCUT2D eigenvalue weighted by molar-refractivity contribution is -1.05. The van der Waals surface area contributed by atoms with Crippen LogP contribution in [-0.2, 0) is 5.41 Å². The number of hydrogen-bond donors (Lipinski definition) is 0. The second-order valence-corrected chi connectivity index (χ2v) is 13.0. The third-order valence-corrected chi connectivity index (χ3v) is 11.1. The molecule has 2 spiro atoms. The number of aryl methyl sites for hydroxylation is 1. The molecule has 0 saturated heterocycles. The van der Waals surface area contributed by atoms with Crippen LogP contribution >= 0.6 is 0 Å². The first-order valence-electron chi connectivity index (χ1n) is 15.7. The smallest absolute Gasteiger partial charge is 0.394 e. The largest absolute Gasteiger partial charge is 0.437 e. The van der Waals surface area contributed by atoms with E-state index in [4.69, 9.17) is 14.8 Å². The lowest BCUT2D eigenvalue weighted by Crippen LogP contribution is -2.89. The highest BCUT2D eigenvalue weighted by Gasteiger charge is 2.72. The molecule has 0 saturated carbocycles. The van der Waals surface area contributed by atoms with E-state index in [-0.39, 0.29) is 4.81 Å². The number of ether oxygens (including phenoxy) is 1. The van der Waals surface area contributed by atoms with Crippen molar-refractivity contribution in [3.8, 4) is 39.8 Å². The topological polar surface area (TPSA) is 52.6 Å². The monoisotopic (exact) mass is 592 g/mol. The van der Waals surface area contributed by atoms with Crippen molar-refractivity contribution in [3.63, 3.8) is 0 Å². The van der Waals surface area contributed by atoms with E-state index < -0.39 is 5.41 Å². The third-order valence-electron chi connectivity index (χ3n) is 11.1. The van der Waals surface area contributed by atoms with Crippen molar-refractivity contribution in [1.29, 1.82) is 0 Å². The fourth-order valence-corrected chi connectivity index (χ4v) is 9.68.